The van der Waals surface area contributed by atoms with Crippen LogP contribution in [-0.2, 0) is 5.41 Å². The van der Waals surface area contributed by atoms with E-state index >= 15 is 0 Å². The molecule has 0 saturated carbocycles. The van der Waals surface area contributed by atoms with Crippen molar-refractivity contribution in [2.24, 2.45) is 0 Å². The molecule has 41 heavy (non-hydrogen) atoms. The summed E-state index contributed by atoms with van der Waals surface area (Å²) in [6.45, 7) is -0.750. The molecule has 2 N–H and O–H groups in total. The van der Waals surface area contributed by atoms with Crippen molar-refractivity contribution in [1.82, 2.24) is 0 Å². The lowest BCUT2D eigenvalue weighted by Crippen LogP contribution is -2.28. The number of hydrogen-bond donors (Lipinski definition) is 2. The molecule has 0 aliphatic heterocycles. The average molecular weight is 537 g/mol. The van der Waals surface area contributed by atoms with E-state index in [2.05, 4.69) is 109 Å². The van der Waals surface area contributed by atoms with E-state index in [9.17, 15) is 10.2 Å². The molecular weight excluding hydrogens is 508 g/mol. The highest BCUT2D eigenvalue weighted by Gasteiger charge is 2.46. The van der Waals surface area contributed by atoms with Gasteiger partial charge in [-0.2, -0.15) is 0 Å². The van der Waals surface area contributed by atoms with Crippen LogP contribution in [0.5, 0.6) is 11.5 Å². The number of rotatable bonds is 7. The van der Waals surface area contributed by atoms with Gasteiger partial charge in [0, 0.05) is 0 Å². The molecule has 200 valence electrons. The van der Waals surface area contributed by atoms with E-state index in [1.54, 1.807) is 0 Å². The summed E-state index contributed by atoms with van der Waals surface area (Å²) in [5.41, 5.74) is 8.69. The minimum absolute atomic E-state index is 0.375. The van der Waals surface area contributed by atoms with Crippen molar-refractivity contribution in [2.45, 2.75) is 5.41 Å². The second-order valence-electron chi connectivity index (χ2n) is 10.2. The highest BCUT2D eigenvalue weighted by atomic mass is 16.6. The maximum atomic E-state index is 9.29. The topological polar surface area (TPSA) is 58.9 Å². The van der Waals surface area contributed by atoms with Gasteiger partial charge in [-0.25, -0.2) is 0 Å². The summed E-state index contributed by atoms with van der Waals surface area (Å²) in [5.74, 6) is 1.22. The van der Waals surface area contributed by atoms with Crippen molar-refractivity contribution < 1.29 is 19.7 Å². The zero-order chi connectivity index (χ0) is 27.8. The predicted octanol–water partition coefficient (Wildman–Crippen LogP) is 7.53. The third-order valence-electron chi connectivity index (χ3n) is 8.16. The Morgan fingerprint density at radius 3 is 1.66 bits per heavy atom. The van der Waals surface area contributed by atoms with Crippen LogP contribution in [-0.4, -0.2) is 23.8 Å². The Labute approximate surface area is 238 Å². The van der Waals surface area contributed by atoms with Gasteiger partial charge in [0.05, 0.1) is 5.41 Å². The third kappa shape index (κ3) is 4.08. The quantitative estimate of drug-likeness (QED) is 0.207. The summed E-state index contributed by atoms with van der Waals surface area (Å²) < 4.78 is 10.7. The van der Waals surface area contributed by atoms with Crippen molar-refractivity contribution in [3.8, 4) is 33.8 Å². The first kappa shape index (κ1) is 25.1. The molecule has 4 nitrogen and oxygen atoms in total. The molecule has 0 fully saturated rings. The fourth-order valence-electron chi connectivity index (χ4n) is 6.37. The summed E-state index contributed by atoms with van der Waals surface area (Å²) in [7, 11) is 0. The van der Waals surface area contributed by atoms with E-state index < -0.39 is 5.41 Å². The first-order valence-electron chi connectivity index (χ1n) is 13.6. The fraction of sp³-hybridized carbons (Fsp3) is 0.0811. The molecule has 0 atom stereocenters. The lowest BCUT2D eigenvalue weighted by Gasteiger charge is -2.34. The molecule has 1 aliphatic carbocycles. The van der Waals surface area contributed by atoms with Crippen molar-refractivity contribution in [2.75, 3.05) is 13.6 Å². The highest BCUT2D eigenvalue weighted by Crippen LogP contribution is 2.57. The van der Waals surface area contributed by atoms with Crippen LogP contribution >= 0.6 is 0 Å². The second-order valence-corrected chi connectivity index (χ2v) is 10.2. The van der Waals surface area contributed by atoms with Crippen molar-refractivity contribution in [3.05, 3.63) is 156 Å². The maximum absolute atomic E-state index is 9.29. The molecule has 0 bridgehead atoms. The molecule has 4 heteroatoms. The van der Waals surface area contributed by atoms with Crippen LogP contribution in [0.2, 0.25) is 0 Å². The van der Waals surface area contributed by atoms with Gasteiger partial charge < -0.3 is 19.7 Å². The lowest BCUT2D eigenvalue weighted by atomic mass is 9.67. The van der Waals surface area contributed by atoms with Gasteiger partial charge in [0.2, 0.25) is 0 Å². The highest BCUT2D eigenvalue weighted by molar-refractivity contribution is 5.91. The molecule has 0 heterocycles. The zero-order valence-electron chi connectivity index (χ0n) is 22.3. The number of fused-ring (bicyclic) bond motifs is 4. The standard InChI is InChI=1S/C37H28O4/c38-23-40-31-16-12-29(13-17-31)37(30-14-18-32(19-15-30)41-24-39)35-8-4-3-7-33(35)34-22-28(11-20-36(34)37)27-10-9-25-5-1-2-6-26(25)21-27/h1-22,38-39H,23-24H2. The largest absolute Gasteiger partial charge is 0.468 e. The molecule has 6 aromatic carbocycles. The molecule has 0 radical (unpaired) electrons. The molecule has 0 aromatic heterocycles. The first-order chi connectivity index (χ1) is 20.2. The summed E-state index contributed by atoms with van der Waals surface area (Å²) in [6, 6.07) is 46.4. The van der Waals surface area contributed by atoms with Crippen LogP contribution in [0.3, 0.4) is 0 Å². The summed E-state index contributed by atoms with van der Waals surface area (Å²) >= 11 is 0. The molecule has 0 unspecified atom stereocenters. The molecule has 0 saturated heterocycles. The van der Waals surface area contributed by atoms with E-state index in [1.165, 1.54) is 44.2 Å². The van der Waals surface area contributed by atoms with Gasteiger partial charge in [0.15, 0.2) is 13.6 Å². The maximum Gasteiger partial charge on any atom is 0.186 e. The number of aliphatic hydroxyl groups excluding tert-OH is 2. The van der Waals surface area contributed by atoms with Crippen LogP contribution in [0.25, 0.3) is 33.0 Å². The van der Waals surface area contributed by atoms with Gasteiger partial charge in [0.1, 0.15) is 11.5 Å². The summed E-state index contributed by atoms with van der Waals surface area (Å²) in [5, 5.41) is 21.0. The van der Waals surface area contributed by atoms with E-state index in [0.29, 0.717) is 11.5 Å². The lowest BCUT2D eigenvalue weighted by molar-refractivity contribution is 0.0981. The average Bonchev–Trinajstić information content (AvgIpc) is 3.32. The van der Waals surface area contributed by atoms with Gasteiger partial charge in [-0.05, 0) is 91.7 Å². The van der Waals surface area contributed by atoms with E-state index in [1.807, 2.05) is 24.3 Å². The predicted molar refractivity (Wildman–Crippen MR) is 162 cm³/mol. The molecule has 7 rings (SSSR count). The number of hydrogen-bond acceptors (Lipinski definition) is 4. The Morgan fingerprint density at radius 2 is 1.00 bits per heavy atom. The molecule has 0 spiro atoms. The number of benzene rings is 6. The van der Waals surface area contributed by atoms with Crippen LogP contribution in [0.15, 0.2) is 133 Å². The Hall–Kier alpha value is -4.90. The monoisotopic (exact) mass is 536 g/mol. The fourth-order valence-corrected chi connectivity index (χ4v) is 6.37. The third-order valence-corrected chi connectivity index (χ3v) is 8.16. The van der Waals surface area contributed by atoms with Crippen LogP contribution < -0.4 is 9.47 Å². The van der Waals surface area contributed by atoms with E-state index in [0.717, 1.165) is 11.1 Å². The van der Waals surface area contributed by atoms with Gasteiger partial charge in [0.25, 0.3) is 0 Å². The summed E-state index contributed by atoms with van der Waals surface area (Å²) in [6.07, 6.45) is 0. The number of aliphatic hydroxyl groups is 2. The Bertz CT molecular complexity index is 1810. The molecule has 0 amide bonds. The molecule has 1 aliphatic rings. The van der Waals surface area contributed by atoms with Crippen LogP contribution in [0.1, 0.15) is 22.3 Å². The molecule has 6 aromatic rings. The van der Waals surface area contributed by atoms with Gasteiger partial charge >= 0.3 is 0 Å². The van der Waals surface area contributed by atoms with Crippen molar-refractivity contribution in [3.63, 3.8) is 0 Å². The minimum atomic E-state index is -0.594. The number of ether oxygens (including phenoxy) is 2. The Morgan fingerprint density at radius 1 is 0.463 bits per heavy atom. The minimum Gasteiger partial charge on any atom is -0.468 e. The van der Waals surface area contributed by atoms with E-state index in [-0.39, 0.29) is 13.6 Å². The zero-order valence-corrected chi connectivity index (χ0v) is 22.3. The summed E-state index contributed by atoms with van der Waals surface area (Å²) in [4.78, 5) is 0. The Balaban J connectivity index is 1.47. The van der Waals surface area contributed by atoms with Gasteiger partial charge in [-0.15, -0.1) is 0 Å². The first-order valence-corrected chi connectivity index (χ1v) is 13.6. The van der Waals surface area contributed by atoms with E-state index in [4.69, 9.17) is 9.47 Å². The van der Waals surface area contributed by atoms with Crippen molar-refractivity contribution >= 4 is 10.8 Å². The second kappa shape index (κ2) is 10.3. The smallest absolute Gasteiger partial charge is 0.186 e. The molecular formula is C37H28O4. The van der Waals surface area contributed by atoms with Crippen LogP contribution in [0.4, 0.5) is 0 Å². The van der Waals surface area contributed by atoms with Crippen LogP contribution in [0, 0.1) is 0 Å². The Kier molecular flexibility index (Phi) is 6.27. The normalized spacial score (nSPS) is 13.0. The van der Waals surface area contributed by atoms with Crippen molar-refractivity contribution in [1.29, 1.82) is 0 Å². The van der Waals surface area contributed by atoms with Gasteiger partial charge in [-0.3, -0.25) is 0 Å². The SMILES string of the molecule is OCOc1ccc(C2(c3ccc(OCO)cc3)c3ccccc3-c3cc(-c4ccc5ccccc5c4)ccc32)cc1. The van der Waals surface area contributed by atoms with Gasteiger partial charge in [-0.1, -0.05) is 97.1 Å².